The van der Waals surface area contributed by atoms with Crippen LogP contribution in [0.5, 0.6) is 0 Å². The molecule has 0 aromatic heterocycles. The van der Waals surface area contributed by atoms with E-state index in [9.17, 15) is 22.8 Å². The van der Waals surface area contributed by atoms with Gasteiger partial charge in [-0.2, -0.15) is 13.2 Å². The van der Waals surface area contributed by atoms with Gasteiger partial charge >= 0.3 is 6.18 Å². The number of halogens is 3. The van der Waals surface area contributed by atoms with E-state index >= 15 is 0 Å². The predicted octanol–water partition coefficient (Wildman–Crippen LogP) is 0.880. The summed E-state index contributed by atoms with van der Waals surface area (Å²) >= 11 is 0. The van der Waals surface area contributed by atoms with Crippen molar-refractivity contribution in [2.45, 2.75) is 38.0 Å². The maximum atomic E-state index is 12.6. The summed E-state index contributed by atoms with van der Waals surface area (Å²) in [5.41, 5.74) is -0.226. The maximum absolute atomic E-state index is 12.6. The fourth-order valence-electron chi connectivity index (χ4n) is 2.57. The van der Waals surface area contributed by atoms with Crippen LogP contribution in [0.1, 0.15) is 30.5 Å². The van der Waals surface area contributed by atoms with E-state index < -0.39 is 36.1 Å². The number of alkyl halides is 3. The summed E-state index contributed by atoms with van der Waals surface area (Å²) in [5, 5.41) is 11.1. The number of hydrogen-bond donors (Lipinski definition) is 4. The lowest BCUT2D eigenvalue weighted by molar-refractivity contribution is -0.139. The van der Waals surface area contributed by atoms with E-state index in [0.717, 1.165) is 12.1 Å². The zero-order valence-corrected chi connectivity index (χ0v) is 15.0. The summed E-state index contributed by atoms with van der Waals surface area (Å²) in [6.45, 7) is 2.57. The second kappa shape index (κ2) is 9.16. The Bertz CT molecular complexity index is 652. The zero-order chi connectivity index (χ0) is 20.0. The number of ether oxygens (including phenoxy) is 1. The molecule has 1 aliphatic heterocycles. The largest absolute Gasteiger partial charge is 0.416 e. The van der Waals surface area contributed by atoms with Crippen LogP contribution >= 0.6 is 0 Å². The van der Waals surface area contributed by atoms with Crippen LogP contribution in [0.15, 0.2) is 24.3 Å². The van der Waals surface area contributed by atoms with Gasteiger partial charge in [-0.3, -0.25) is 14.9 Å². The van der Waals surface area contributed by atoms with E-state index in [1.54, 1.807) is 14.0 Å². The van der Waals surface area contributed by atoms with Crippen molar-refractivity contribution in [2.24, 2.45) is 0 Å². The molecule has 1 aromatic carbocycles. The highest BCUT2D eigenvalue weighted by Crippen LogP contribution is 2.29. The first-order valence-electron chi connectivity index (χ1n) is 8.50. The van der Waals surface area contributed by atoms with E-state index in [2.05, 4.69) is 21.3 Å². The quantitative estimate of drug-likeness (QED) is 0.521. The predicted molar refractivity (Wildman–Crippen MR) is 91.4 cm³/mol. The average Bonchev–Trinajstić information content (AvgIpc) is 2.61. The van der Waals surface area contributed by atoms with E-state index in [1.807, 2.05) is 0 Å². The van der Waals surface area contributed by atoms with Crippen LogP contribution in [-0.4, -0.2) is 44.4 Å². The minimum atomic E-state index is -4.41. The minimum Gasteiger partial charge on any atom is -0.348 e. The Labute approximate surface area is 155 Å². The second-order valence-corrected chi connectivity index (χ2v) is 6.20. The number of nitrogens with one attached hydrogen (secondary N) is 4. The fraction of sp³-hybridized carbons (Fsp3) is 0.529. The third-order valence-corrected chi connectivity index (χ3v) is 4.08. The average molecular weight is 388 g/mol. The molecule has 150 valence electrons. The molecule has 0 bridgehead atoms. The van der Waals surface area contributed by atoms with Crippen molar-refractivity contribution >= 4 is 11.8 Å². The Morgan fingerprint density at radius 1 is 1.33 bits per heavy atom. The first kappa shape index (κ1) is 21.1. The van der Waals surface area contributed by atoms with E-state index in [0.29, 0.717) is 18.7 Å². The molecule has 1 heterocycles. The molecule has 0 spiro atoms. The lowest BCUT2D eigenvalue weighted by Gasteiger charge is -2.31. The minimum absolute atomic E-state index is 0.0581. The number of benzene rings is 1. The molecule has 1 fully saturated rings. The van der Waals surface area contributed by atoms with Crippen LogP contribution in [0.3, 0.4) is 0 Å². The summed E-state index contributed by atoms with van der Waals surface area (Å²) < 4.78 is 43.3. The third kappa shape index (κ3) is 6.19. The number of carbonyl (C=O) groups is 2. The van der Waals surface area contributed by atoms with E-state index in [-0.39, 0.29) is 12.3 Å². The van der Waals surface area contributed by atoms with Crippen LogP contribution in [0, 0.1) is 0 Å². The number of likely N-dealkylation sites (N-methyl/N-ethyl adjacent to an activating group) is 1. The molecule has 2 amide bonds. The normalized spacial score (nSPS) is 21.4. The van der Waals surface area contributed by atoms with Gasteiger partial charge in [0, 0.05) is 6.54 Å². The number of hydrogen-bond acceptors (Lipinski definition) is 5. The molecule has 1 saturated heterocycles. The first-order valence-corrected chi connectivity index (χ1v) is 8.50. The van der Waals surface area contributed by atoms with Crippen molar-refractivity contribution in [1.29, 1.82) is 0 Å². The molecular weight excluding hydrogens is 365 g/mol. The van der Waals surface area contributed by atoms with Gasteiger partial charge in [0.1, 0.15) is 0 Å². The van der Waals surface area contributed by atoms with Crippen LogP contribution < -0.4 is 21.3 Å². The lowest BCUT2D eigenvalue weighted by atomic mass is 10.0. The van der Waals surface area contributed by atoms with Crippen LogP contribution in [-0.2, 0) is 20.5 Å². The lowest BCUT2D eigenvalue weighted by Crippen LogP contribution is -2.62. The summed E-state index contributed by atoms with van der Waals surface area (Å²) in [5.74, 6) is -0.759. The second-order valence-electron chi connectivity index (χ2n) is 6.20. The standard InChI is InChI=1S/C17H23F3N4O3/c1-10(11-3-5-12(6-4-11)17(18,19)20)22-15(26)13-9-14(25)24-16(23-13)27-8-7-21-2/h3-6,10,13,16,21,23H,7-9H2,1-2H3,(H,22,26)(H,24,25). The van der Waals surface area contributed by atoms with Gasteiger partial charge in [-0.15, -0.1) is 0 Å². The number of carbonyl (C=O) groups excluding carboxylic acids is 2. The van der Waals surface area contributed by atoms with Gasteiger partial charge in [-0.05, 0) is 31.7 Å². The zero-order valence-electron chi connectivity index (χ0n) is 15.0. The highest BCUT2D eigenvalue weighted by atomic mass is 19.4. The Kier molecular flexibility index (Phi) is 7.17. The highest BCUT2D eigenvalue weighted by Gasteiger charge is 2.32. The van der Waals surface area contributed by atoms with Gasteiger partial charge in [0.25, 0.3) is 0 Å². The molecule has 0 radical (unpaired) electrons. The molecule has 1 aromatic rings. The molecule has 27 heavy (non-hydrogen) atoms. The molecular formula is C17H23F3N4O3. The molecule has 3 unspecified atom stereocenters. The highest BCUT2D eigenvalue weighted by molar-refractivity contribution is 5.89. The van der Waals surface area contributed by atoms with Gasteiger partial charge in [0.2, 0.25) is 11.8 Å². The van der Waals surface area contributed by atoms with Crippen LogP contribution in [0.2, 0.25) is 0 Å². The molecule has 1 aliphatic rings. The molecule has 4 N–H and O–H groups in total. The van der Waals surface area contributed by atoms with Crippen molar-refractivity contribution in [2.75, 3.05) is 20.2 Å². The van der Waals surface area contributed by atoms with Gasteiger partial charge in [0.15, 0.2) is 6.35 Å². The van der Waals surface area contributed by atoms with E-state index in [1.165, 1.54) is 12.1 Å². The molecule has 0 aliphatic carbocycles. The van der Waals surface area contributed by atoms with Crippen LogP contribution in [0.4, 0.5) is 13.2 Å². The van der Waals surface area contributed by atoms with Crippen molar-refractivity contribution in [3.05, 3.63) is 35.4 Å². The van der Waals surface area contributed by atoms with Crippen molar-refractivity contribution in [1.82, 2.24) is 21.3 Å². The van der Waals surface area contributed by atoms with Gasteiger partial charge < -0.3 is 20.7 Å². The third-order valence-electron chi connectivity index (χ3n) is 4.08. The van der Waals surface area contributed by atoms with Crippen molar-refractivity contribution in [3.63, 3.8) is 0 Å². The maximum Gasteiger partial charge on any atom is 0.416 e. The Balaban J connectivity index is 1.93. The smallest absolute Gasteiger partial charge is 0.348 e. The molecule has 7 nitrogen and oxygen atoms in total. The van der Waals surface area contributed by atoms with Gasteiger partial charge in [-0.25, -0.2) is 0 Å². The first-order chi connectivity index (χ1) is 12.7. The molecule has 10 heteroatoms. The SMILES string of the molecule is CNCCOC1NC(=O)CC(C(=O)NC(C)c2ccc(C(F)(F)F)cc2)N1. The Hall–Kier alpha value is -2.17. The number of rotatable bonds is 7. The van der Waals surface area contributed by atoms with Gasteiger partial charge in [-0.1, -0.05) is 12.1 Å². The summed E-state index contributed by atoms with van der Waals surface area (Å²) in [7, 11) is 1.76. The van der Waals surface area contributed by atoms with Crippen molar-refractivity contribution < 1.29 is 27.5 Å². The van der Waals surface area contributed by atoms with Gasteiger partial charge in [0.05, 0.1) is 30.7 Å². The Morgan fingerprint density at radius 3 is 2.59 bits per heavy atom. The number of amides is 2. The van der Waals surface area contributed by atoms with E-state index in [4.69, 9.17) is 4.74 Å². The summed E-state index contributed by atoms with van der Waals surface area (Å²) in [6.07, 6.45) is -5.25. The Morgan fingerprint density at radius 2 is 2.00 bits per heavy atom. The van der Waals surface area contributed by atoms with Crippen LogP contribution in [0.25, 0.3) is 0 Å². The molecule has 3 atom stereocenters. The summed E-state index contributed by atoms with van der Waals surface area (Å²) in [6, 6.07) is 3.26. The monoisotopic (exact) mass is 388 g/mol. The molecule has 2 rings (SSSR count). The molecule has 0 saturated carbocycles. The van der Waals surface area contributed by atoms with Crippen molar-refractivity contribution in [3.8, 4) is 0 Å². The summed E-state index contributed by atoms with van der Waals surface area (Å²) in [4.78, 5) is 24.2. The fourth-order valence-corrected chi connectivity index (χ4v) is 2.57. The topological polar surface area (TPSA) is 91.5 Å².